The molecule has 1 aromatic rings. The zero-order valence-electron chi connectivity index (χ0n) is 19.5. The zero-order valence-corrected chi connectivity index (χ0v) is 19.5. The molecule has 5 nitrogen and oxygen atoms in total. The second-order valence-corrected chi connectivity index (χ2v) is 7.58. The molecular formula is C25H40N2O3. The van der Waals surface area contributed by atoms with E-state index in [1.165, 1.54) is 32.1 Å². The van der Waals surface area contributed by atoms with E-state index in [-0.39, 0.29) is 6.03 Å². The number of urea groups is 1. The summed E-state index contributed by atoms with van der Waals surface area (Å²) in [6.07, 6.45) is 16.8. The normalized spacial score (nSPS) is 11.2. The van der Waals surface area contributed by atoms with Gasteiger partial charge in [-0.2, -0.15) is 0 Å². The second kappa shape index (κ2) is 15.4. The monoisotopic (exact) mass is 416 g/mol. The minimum Gasteiger partial charge on any atom is -0.493 e. The number of hydrogen-bond acceptors (Lipinski definition) is 3. The Bertz CT molecular complexity index is 670. The standard InChI is InChI=1S/C25H40N2O3/c1-6-7-8-9-10-11-12-13-14-15-19-26(2)25(28)27(3)20-18-22-16-17-23(29-4)24(21-22)30-5/h12-17,21H,6-11,18-20H2,1-5H3. The van der Waals surface area contributed by atoms with Gasteiger partial charge in [0.05, 0.1) is 14.2 Å². The van der Waals surface area contributed by atoms with Crippen molar-refractivity contribution < 1.29 is 14.3 Å². The molecule has 0 spiro atoms. The van der Waals surface area contributed by atoms with Gasteiger partial charge in [0.1, 0.15) is 0 Å². The van der Waals surface area contributed by atoms with Gasteiger partial charge in [0, 0.05) is 27.2 Å². The topological polar surface area (TPSA) is 42.0 Å². The van der Waals surface area contributed by atoms with Crippen LogP contribution in [0.2, 0.25) is 0 Å². The molecule has 0 radical (unpaired) electrons. The lowest BCUT2D eigenvalue weighted by molar-refractivity contribution is 0.178. The first kappa shape index (κ1) is 25.6. The van der Waals surface area contributed by atoms with Crippen molar-refractivity contribution in [2.45, 2.75) is 51.9 Å². The van der Waals surface area contributed by atoms with Crippen LogP contribution in [-0.2, 0) is 6.42 Å². The van der Waals surface area contributed by atoms with E-state index in [4.69, 9.17) is 9.47 Å². The van der Waals surface area contributed by atoms with Crippen molar-refractivity contribution in [1.29, 1.82) is 0 Å². The fourth-order valence-corrected chi connectivity index (χ4v) is 3.14. The maximum Gasteiger partial charge on any atom is 0.319 e. The Morgan fingerprint density at radius 3 is 2.33 bits per heavy atom. The molecule has 1 aromatic carbocycles. The average molecular weight is 417 g/mol. The Hall–Kier alpha value is -2.43. The van der Waals surface area contributed by atoms with Gasteiger partial charge >= 0.3 is 6.03 Å². The SMILES string of the molecule is CCCCCCCC=CC=CCN(C)C(=O)N(C)CCc1ccc(OC)c(OC)c1. The maximum atomic E-state index is 12.5. The number of methoxy groups -OCH3 is 2. The molecule has 5 heteroatoms. The summed E-state index contributed by atoms with van der Waals surface area (Å²) in [5.74, 6) is 1.42. The van der Waals surface area contributed by atoms with Crippen molar-refractivity contribution in [3.63, 3.8) is 0 Å². The molecule has 0 aliphatic heterocycles. The van der Waals surface area contributed by atoms with Crippen molar-refractivity contribution in [3.8, 4) is 11.5 Å². The van der Waals surface area contributed by atoms with Crippen molar-refractivity contribution in [1.82, 2.24) is 9.80 Å². The molecule has 0 saturated heterocycles. The Morgan fingerprint density at radius 1 is 0.933 bits per heavy atom. The van der Waals surface area contributed by atoms with Gasteiger partial charge in [0.15, 0.2) is 11.5 Å². The number of hydrogen-bond donors (Lipinski definition) is 0. The molecule has 2 amide bonds. The number of rotatable bonds is 14. The zero-order chi connectivity index (χ0) is 22.2. The number of carbonyl (C=O) groups excluding carboxylic acids is 1. The van der Waals surface area contributed by atoms with Crippen LogP contribution < -0.4 is 9.47 Å². The quantitative estimate of drug-likeness (QED) is 0.288. The summed E-state index contributed by atoms with van der Waals surface area (Å²) < 4.78 is 10.6. The van der Waals surface area contributed by atoms with E-state index in [1.807, 2.05) is 44.4 Å². The first-order valence-corrected chi connectivity index (χ1v) is 11.0. The molecule has 1 rings (SSSR count). The maximum absolute atomic E-state index is 12.5. The van der Waals surface area contributed by atoms with Crippen molar-refractivity contribution in [3.05, 3.63) is 48.1 Å². The molecule has 0 aromatic heterocycles. The number of nitrogens with zero attached hydrogens (tertiary/aromatic N) is 2. The van der Waals surface area contributed by atoms with Crippen LogP contribution in [0.3, 0.4) is 0 Å². The Morgan fingerprint density at radius 2 is 1.63 bits per heavy atom. The molecule has 0 atom stereocenters. The van der Waals surface area contributed by atoms with Gasteiger partial charge in [-0.1, -0.05) is 63.0 Å². The molecule has 168 valence electrons. The van der Waals surface area contributed by atoms with Crippen LogP contribution >= 0.6 is 0 Å². The van der Waals surface area contributed by atoms with E-state index in [0.29, 0.717) is 24.6 Å². The summed E-state index contributed by atoms with van der Waals surface area (Å²) in [6.45, 7) is 3.48. The summed E-state index contributed by atoms with van der Waals surface area (Å²) in [5.41, 5.74) is 1.11. The summed E-state index contributed by atoms with van der Waals surface area (Å²) in [5, 5.41) is 0. The van der Waals surface area contributed by atoms with Crippen LogP contribution in [0, 0.1) is 0 Å². The van der Waals surface area contributed by atoms with Gasteiger partial charge in [-0.15, -0.1) is 0 Å². The molecule has 0 saturated carbocycles. The van der Waals surface area contributed by atoms with E-state index in [1.54, 1.807) is 24.0 Å². The van der Waals surface area contributed by atoms with Crippen molar-refractivity contribution in [2.75, 3.05) is 41.4 Å². The van der Waals surface area contributed by atoms with Crippen LogP contribution in [0.5, 0.6) is 11.5 Å². The highest BCUT2D eigenvalue weighted by Crippen LogP contribution is 2.27. The van der Waals surface area contributed by atoms with Gasteiger partial charge in [-0.05, 0) is 37.0 Å². The number of unbranched alkanes of at least 4 members (excludes halogenated alkanes) is 5. The van der Waals surface area contributed by atoms with Crippen LogP contribution in [0.25, 0.3) is 0 Å². The first-order valence-electron chi connectivity index (χ1n) is 11.0. The largest absolute Gasteiger partial charge is 0.493 e. The number of allylic oxidation sites excluding steroid dienone is 3. The first-order chi connectivity index (χ1) is 14.5. The van der Waals surface area contributed by atoms with Gasteiger partial charge in [-0.3, -0.25) is 0 Å². The van der Waals surface area contributed by atoms with E-state index in [9.17, 15) is 4.79 Å². The number of ether oxygens (including phenoxy) is 2. The van der Waals surface area contributed by atoms with Gasteiger partial charge in [-0.25, -0.2) is 4.79 Å². The Kier molecular flexibility index (Phi) is 13.2. The predicted molar refractivity (Wildman–Crippen MR) is 126 cm³/mol. The summed E-state index contributed by atoms with van der Waals surface area (Å²) in [4.78, 5) is 16.0. The average Bonchev–Trinajstić information content (AvgIpc) is 2.77. The van der Waals surface area contributed by atoms with Crippen LogP contribution in [0.4, 0.5) is 4.79 Å². The van der Waals surface area contributed by atoms with Crippen molar-refractivity contribution >= 4 is 6.03 Å². The van der Waals surface area contributed by atoms with E-state index >= 15 is 0 Å². The highest BCUT2D eigenvalue weighted by molar-refractivity contribution is 5.74. The molecule has 0 aliphatic carbocycles. The third-order valence-electron chi connectivity index (χ3n) is 5.07. The minimum absolute atomic E-state index is 0.0139. The number of likely N-dealkylation sites (N-methyl/N-ethyl adjacent to an activating group) is 2. The van der Waals surface area contributed by atoms with Gasteiger partial charge in [0.25, 0.3) is 0 Å². The highest BCUT2D eigenvalue weighted by Gasteiger charge is 2.13. The van der Waals surface area contributed by atoms with Crippen LogP contribution in [-0.4, -0.2) is 57.2 Å². The molecular weight excluding hydrogens is 376 g/mol. The Balaban J connectivity index is 2.33. The smallest absolute Gasteiger partial charge is 0.319 e. The number of benzene rings is 1. The van der Waals surface area contributed by atoms with Crippen LogP contribution in [0.1, 0.15) is 51.0 Å². The third-order valence-corrected chi connectivity index (χ3v) is 5.07. The molecule has 0 aliphatic rings. The number of amides is 2. The highest BCUT2D eigenvalue weighted by atomic mass is 16.5. The lowest BCUT2D eigenvalue weighted by atomic mass is 10.1. The van der Waals surface area contributed by atoms with E-state index in [2.05, 4.69) is 19.1 Å². The second-order valence-electron chi connectivity index (χ2n) is 7.58. The number of carbonyl (C=O) groups is 1. The lowest BCUT2D eigenvalue weighted by Gasteiger charge is -2.24. The Labute approximate surface area is 183 Å². The molecule has 0 bridgehead atoms. The molecule has 30 heavy (non-hydrogen) atoms. The van der Waals surface area contributed by atoms with Gasteiger partial charge < -0.3 is 19.3 Å². The molecule has 0 N–H and O–H groups in total. The summed E-state index contributed by atoms with van der Waals surface area (Å²) in [7, 11) is 6.92. The van der Waals surface area contributed by atoms with E-state index in [0.717, 1.165) is 18.4 Å². The molecule has 0 heterocycles. The fraction of sp³-hybridized carbons (Fsp3) is 0.560. The van der Waals surface area contributed by atoms with Crippen molar-refractivity contribution in [2.24, 2.45) is 0 Å². The molecule has 0 unspecified atom stereocenters. The fourth-order valence-electron chi connectivity index (χ4n) is 3.14. The molecule has 0 fully saturated rings. The minimum atomic E-state index is 0.0139. The van der Waals surface area contributed by atoms with Crippen LogP contribution in [0.15, 0.2) is 42.5 Å². The predicted octanol–water partition coefficient (Wildman–Crippen LogP) is 5.70. The summed E-state index contributed by atoms with van der Waals surface area (Å²) >= 11 is 0. The third kappa shape index (κ3) is 9.86. The lowest BCUT2D eigenvalue weighted by Crippen LogP contribution is -2.39. The van der Waals surface area contributed by atoms with E-state index < -0.39 is 0 Å². The van der Waals surface area contributed by atoms with Gasteiger partial charge in [0.2, 0.25) is 0 Å². The summed E-state index contributed by atoms with van der Waals surface area (Å²) in [6, 6.07) is 5.87.